The van der Waals surface area contributed by atoms with E-state index in [2.05, 4.69) is 37.6 Å². The normalized spacial score (nSPS) is 23.6. The van der Waals surface area contributed by atoms with Gasteiger partial charge >= 0.3 is 0 Å². The lowest BCUT2D eigenvalue weighted by Gasteiger charge is -2.16. The van der Waals surface area contributed by atoms with Crippen LogP contribution in [0.15, 0.2) is 0 Å². The van der Waals surface area contributed by atoms with Crippen LogP contribution in [0.25, 0.3) is 0 Å². The molecule has 1 heterocycles. The maximum atomic E-state index is 5.95. The highest BCUT2D eigenvalue weighted by Crippen LogP contribution is 2.14. The summed E-state index contributed by atoms with van der Waals surface area (Å²) in [5.41, 5.74) is 0. The molecule has 2 heteroatoms. The quantitative estimate of drug-likeness (QED) is 0.719. The number of ether oxygens (including phenoxy) is 1. The first-order valence-corrected chi connectivity index (χ1v) is 8.01. The van der Waals surface area contributed by atoms with Crippen LogP contribution in [0.3, 0.4) is 0 Å². The van der Waals surface area contributed by atoms with Crippen molar-refractivity contribution in [3.05, 3.63) is 0 Å². The van der Waals surface area contributed by atoms with Crippen LogP contribution in [-0.4, -0.2) is 37.7 Å². The summed E-state index contributed by atoms with van der Waals surface area (Å²) in [4.78, 5) is 2.44. The SMILES string of the molecule is CCCC(C)C#CCOC1CCCCN(C)CCC1. The first-order valence-electron chi connectivity index (χ1n) is 8.01. The van der Waals surface area contributed by atoms with Gasteiger partial charge in [-0.15, -0.1) is 0 Å². The first-order chi connectivity index (χ1) is 9.22. The molecule has 0 spiro atoms. The van der Waals surface area contributed by atoms with Gasteiger partial charge in [0.15, 0.2) is 0 Å². The Hall–Kier alpha value is -0.520. The van der Waals surface area contributed by atoms with Crippen molar-refractivity contribution in [2.24, 2.45) is 5.92 Å². The fourth-order valence-corrected chi connectivity index (χ4v) is 2.65. The van der Waals surface area contributed by atoms with Crippen LogP contribution in [0.1, 0.15) is 58.8 Å². The summed E-state index contributed by atoms with van der Waals surface area (Å²) in [6.45, 7) is 7.48. The Morgan fingerprint density at radius 2 is 1.95 bits per heavy atom. The standard InChI is InChI=1S/C17H31NO/c1-4-9-16(2)10-8-15-19-17-11-5-6-13-18(3)14-7-12-17/h16-17H,4-7,9,11-15H2,1-3H3. The van der Waals surface area contributed by atoms with Gasteiger partial charge in [0.05, 0.1) is 6.10 Å². The molecule has 0 amide bonds. The van der Waals surface area contributed by atoms with Gasteiger partial charge in [0.2, 0.25) is 0 Å². The maximum absolute atomic E-state index is 5.95. The molecule has 1 aliphatic heterocycles. The van der Waals surface area contributed by atoms with Gasteiger partial charge in [0.25, 0.3) is 0 Å². The molecule has 1 aliphatic rings. The summed E-state index contributed by atoms with van der Waals surface area (Å²) in [5, 5.41) is 0. The molecular formula is C17H31NO. The second kappa shape index (κ2) is 10.3. The van der Waals surface area contributed by atoms with E-state index in [9.17, 15) is 0 Å². The maximum Gasteiger partial charge on any atom is 0.108 e. The van der Waals surface area contributed by atoms with Crippen molar-refractivity contribution in [1.29, 1.82) is 0 Å². The molecule has 110 valence electrons. The van der Waals surface area contributed by atoms with Crippen LogP contribution in [0.4, 0.5) is 0 Å². The summed E-state index contributed by atoms with van der Waals surface area (Å²) < 4.78 is 5.95. The zero-order valence-electron chi connectivity index (χ0n) is 13.1. The lowest BCUT2D eigenvalue weighted by atomic mass is 10.1. The van der Waals surface area contributed by atoms with E-state index in [1.807, 2.05) is 0 Å². The average molecular weight is 265 g/mol. The smallest absolute Gasteiger partial charge is 0.108 e. The van der Waals surface area contributed by atoms with Gasteiger partial charge in [-0.1, -0.05) is 32.1 Å². The fourth-order valence-electron chi connectivity index (χ4n) is 2.65. The van der Waals surface area contributed by atoms with E-state index in [0.29, 0.717) is 18.6 Å². The average Bonchev–Trinajstić information content (AvgIpc) is 2.48. The van der Waals surface area contributed by atoms with Crippen LogP contribution < -0.4 is 0 Å². The highest BCUT2D eigenvalue weighted by atomic mass is 16.5. The van der Waals surface area contributed by atoms with Crippen molar-refractivity contribution in [1.82, 2.24) is 4.90 Å². The summed E-state index contributed by atoms with van der Waals surface area (Å²) in [5.74, 6) is 7.00. The van der Waals surface area contributed by atoms with Gasteiger partial charge in [-0.25, -0.2) is 0 Å². The Bertz CT molecular complexity index is 279. The van der Waals surface area contributed by atoms with Crippen molar-refractivity contribution in [2.75, 3.05) is 26.7 Å². The fraction of sp³-hybridized carbons (Fsp3) is 0.882. The Morgan fingerprint density at radius 3 is 2.74 bits per heavy atom. The summed E-state index contributed by atoms with van der Waals surface area (Å²) >= 11 is 0. The number of rotatable bonds is 4. The van der Waals surface area contributed by atoms with Crippen molar-refractivity contribution in [3.63, 3.8) is 0 Å². The van der Waals surface area contributed by atoms with E-state index < -0.39 is 0 Å². The van der Waals surface area contributed by atoms with Crippen LogP contribution in [-0.2, 0) is 4.74 Å². The Morgan fingerprint density at radius 1 is 1.21 bits per heavy atom. The molecule has 0 aromatic rings. The van der Waals surface area contributed by atoms with Crippen molar-refractivity contribution in [2.45, 2.75) is 64.9 Å². The molecule has 0 bridgehead atoms. The molecule has 1 rings (SSSR count). The van der Waals surface area contributed by atoms with E-state index in [4.69, 9.17) is 4.74 Å². The van der Waals surface area contributed by atoms with E-state index in [1.54, 1.807) is 0 Å². The lowest BCUT2D eigenvalue weighted by Crippen LogP contribution is -2.20. The number of hydrogen-bond acceptors (Lipinski definition) is 2. The Balaban J connectivity index is 2.23. The molecule has 0 aliphatic carbocycles. The molecule has 1 saturated heterocycles. The minimum atomic E-state index is 0.433. The van der Waals surface area contributed by atoms with Gasteiger partial charge in [0, 0.05) is 5.92 Å². The lowest BCUT2D eigenvalue weighted by molar-refractivity contribution is 0.0623. The van der Waals surface area contributed by atoms with Crippen molar-refractivity contribution in [3.8, 4) is 11.8 Å². The van der Waals surface area contributed by atoms with Gasteiger partial charge in [0.1, 0.15) is 6.61 Å². The predicted molar refractivity (Wildman–Crippen MR) is 82.2 cm³/mol. The molecule has 2 nitrogen and oxygen atoms in total. The molecule has 2 atom stereocenters. The van der Waals surface area contributed by atoms with E-state index >= 15 is 0 Å². The Kier molecular flexibility index (Phi) is 8.95. The largest absolute Gasteiger partial charge is 0.366 e. The molecule has 1 fully saturated rings. The molecule has 0 N–H and O–H groups in total. The van der Waals surface area contributed by atoms with Gasteiger partial charge in [-0.3, -0.25) is 0 Å². The van der Waals surface area contributed by atoms with Crippen LogP contribution >= 0.6 is 0 Å². The van der Waals surface area contributed by atoms with Crippen molar-refractivity contribution >= 4 is 0 Å². The second-order valence-electron chi connectivity index (χ2n) is 5.89. The van der Waals surface area contributed by atoms with E-state index in [-0.39, 0.29) is 0 Å². The molecule has 0 aromatic heterocycles. The predicted octanol–water partition coefficient (Wildman–Crippen LogP) is 3.71. The summed E-state index contributed by atoms with van der Waals surface area (Å²) in [7, 11) is 2.22. The van der Waals surface area contributed by atoms with Gasteiger partial charge in [-0.2, -0.15) is 0 Å². The zero-order chi connectivity index (χ0) is 13.9. The Labute approximate surface area is 119 Å². The molecule has 0 radical (unpaired) electrons. The highest BCUT2D eigenvalue weighted by Gasteiger charge is 2.11. The van der Waals surface area contributed by atoms with E-state index in [0.717, 1.165) is 0 Å². The molecule has 2 unspecified atom stereocenters. The monoisotopic (exact) mass is 265 g/mol. The number of nitrogens with zero attached hydrogens (tertiary/aromatic N) is 1. The van der Waals surface area contributed by atoms with Gasteiger partial charge < -0.3 is 9.64 Å². The third-order valence-corrected chi connectivity index (χ3v) is 3.84. The van der Waals surface area contributed by atoms with Gasteiger partial charge in [-0.05, 0) is 58.7 Å². The molecule has 0 saturated carbocycles. The summed E-state index contributed by atoms with van der Waals surface area (Å²) in [6, 6.07) is 0. The van der Waals surface area contributed by atoms with Crippen LogP contribution in [0, 0.1) is 17.8 Å². The molecule has 0 aromatic carbocycles. The topological polar surface area (TPSA) is 12.5 Å². The second-order valence-corrected chi connectivity index (χ2v) is 5.89. The van der Waals surface area contributed by atoms with Crippen LogP contribution in [0.5, 0.6) is 0 Å². The molecular weight excluding hydrogens is 234 g/mol. The number of hydrogen-bond donors (Lipinski definition) is 0. The van der Waals surface area contributed by atoms with Crippen molar-refractivity contribution < 1.29 is 4.74 Å². The first kappa shape index (κ1) is 16.5. The highest BCUT2D eigenvalue weighted by molar-refractivity contribution is 5.02. The zero-order valence-corrected chi connectivity index (χ0v) is 13.1. The third-order valence-electron chi connectivity index (χ3n) is 3.84. The summed E-state index contributed by atoms with van der Waals surface area (Å²) in [6.07, 6.45) is 9.08. The van der Waals surface area contributed by atoms with E-state index in [1.165, 1.54) is 58.0 Å². The van der Waals surface area contributed by atoms with Crippen LogP contribution in [0.2, 0.25) is 0 Å². The minimum Gasteiger partial charge on any atom is -0.366 e. The third kappa shape index (κ3) is 8.29. The minimum absolute atomic E-state index is 0.433. The molecule has 19 heavy (non-hydrogen) atoms.